The highest BCUT2D eigenvalue weighted by Crippen LogP contribution is 2.21. The summed E-state index contributed by atoms with van der Waals surface area (Å²) in [6, 6.07) is 12.5. The van der Waals surface area contributed by atoms with E-state index >= 15 is 0 Å². The first-order valence-corrected chi connectivity index (χ1v) is 8.78. The number of aromatic nitrogens is 2. The van der Waals surface area contributed by atoms with Crippen molar-refractivity contribution in [2.45, 2.75) is 20.4 Å². The van der Waals surface area contributed by atoms with Gasteiger partial charge in [-0.1, -0.05) is 30.3 Å². The van der Waals surface area contributed by atoms with E-state index in [9.17, 15) is 4.79 Å². The van der Waals surface area contributed by atoms with Crippen LogP contribution < -0.4 is 9.80 Å². The number of carbonyl (C=O) groups is 1. The van der Waals surface area contributed by atoms with E-state index in [1.165, 1.54) is 5.56 Å². The Labute approximate surface area is 149 Å². The molecule has 6 heteroatoms. The number of hydrogen-bond acceptors (Lipinski definition) is 5. The molecule has 1 aliphatic rings. The van der Waals surface area contributed by atoms with Crippen molar-refractivity contribution in [2.75, 3.05) is 42.5 Å². The van der Waals surface area contributed by atoms with Gasteiger partial charge in [0.1, 0.15) is 17.5 Å². The van der Waals surface area contributed by atoms with Crippen LogP contribution in [0.5, 0.6) is 0 Å². The molecule has 132 valence electrons. The molecule has 3 rings (SSSR count). The first kappa shape index (κ1) is 17.2. The zero-order valence-corrected chi connectivity index (χ0v) is 14.9. The summed E-state index contributed by atoms with van der Waals surface area (Å²) in [4.78, 5) is 26.4. The van der Waals surface area contributed by atoms with Gasteiger partial charge in [0.2, 0.25) is 6.41 Å². The Kier molecular flexibility index (Phi) is 5.48. The van der Waals surface area contributed by atoms with Gasteiger partial charge in [0.25, 0.3) is 0 Å². The number of hydrogen-bond donors (Lipinski definition) is 0. The van der Waals surface area contributed by atoms with Gasteiger partial charge in [-0.15, -0.1) is 0 Å². The standard InChI is InChI=1S/C19H25N5O/c1-3-23(14-17-7-5-4-6-8-17)18-13-19(21-16(2)20-18)24-11-9-22(15-25)10-12-24/h4-8,13,15H,3,9-12,14H2,1-2H3. The molecule has 6 nitrogen and oxygen atoms in total. The van der Waals surface area contributed by atoms with Crippen LogP contribution in [0.4, 0.5) is 11.6 Å². The zero-order valence-electron chi connectivity index (χ0n) is 14.9. The Morgan fingerprint density at radius 1 is 1.12 bits per heavy atom. The number of aryl methyl sites for hydroxylation is 1. The largest absolute Gasteiger partial charge is 0.353 e. The second-order valence-electron chi connectivity index (χ2n) is 6.26. The van der Waals surface area contributed by atoms with Crippen molar-refractivity contribution >= 4 is 18.0 Å². The summed E-state index contributed by atoms with van der Waals surface area (Å²) in [6.07, 6.45) is 0.923. The lowest BCUT2D eigenvalue weighted by Crippen LogP contribution is -2.46. The predicted octanol–water partition coefficient (Wildman–Crippen LogP) is 2.09. The van der Waals surface area contributed by atoms with E-state index in [0.29, 0.717) is 0 Å². The third-order valence-electron chi connectivity index (χ3n) is 4.52. The summed E-state index contributed by atoms with van der Waals surface area (Å²) < 4.78 is 0. The quantitative estimate of drug-likeness (QED) is 0.754. The number of piperazine rings is 1. The Balaban J connectivity index is 1.79. The fourth-order valence-electron chi connectivity index (χ4n) is 3.08. The highest BCUT2D eigenvalue weighted by Gasteiger charge is 2.19. The van der Waals surface area contributed by atoms with E-state index in [2.05, 4.69) is 57.0 Å². The van der Waals surface area contributed by atoms with Crippen molar-refractivity contribution in [1.29, 1.82) is 0 Å². The molecule has 0 atom stereocenters. The summed E-state index contributed by atoms with van der Waals surface area (Å²) in [7, 11) is 0. The molecule has 0 spiro atoms. The minimum Gasteiger partial charge on any atom is -0.353 e. The molecular formula is C19H25N5O. The summed E-state index contributed by atoms with van der Waals surface area (Å²) in [5.41, 5.74) is 1.27. The summed E-state index contributed by atoms with van der Waals surface area (Å²) in [5.74, 6) is 2.67. The summed E-state index contributed by atoms with van der Waals surface area (Å²) in [5, 5.41) is 0. The summed E-state index contributed by atoms with van der Waals surface area (Å²) >= 11 is 0. The van der Waals surface area contributed by atoms with Gasteiger partial charge in [0.15, 0.2) is 0 Å². The molecule has 2 aromatic rings. The first-order chi connectivity index (χ1) is 12.2. The van der Waals surface area contributed by atoms with Gasteiger partial charge in [-0.05, 0) is 19.4 Å². The van der Waals surface area contributed by atoms with Crippen LogP contribution in [-0.4, -0.2) is 54.0 Å². The molecule has 1 fully saturated rings. The van der Waals surface area contributed by atoms with Crippen molar-refractivity contribution in [1.82, 2.24) is 14.9 Å². The van der Waals surface area contributed by atoms with Crippen LogP contribution in [0.1, 0.15) is 18.3 Å². The van der Waals surface area contributed by atoms with Crippen LogP contribution >= 0.6 is 0 Å². The molecule has 0 N–H and O–H groups in total. The number of nitrogens with zero attached hydrogens (tertiary/aromatic N) is 5. The Morgan fingerprint density at radius 3 is 2.48 bits per heavy atom. The van der Waals surface area contributed by atoms with Crippen LogP contribution in [0.15, 0.2) is 36.4 Å². The lowest BCUT2D eigenvalue weighted by Gasteiger charge is -2.34. The monoisotopic (exact) mass is 339 g/mol. The van der Waals surface area contributed by atoms with Crippen molar-refractivity contribution in [2.24, 2.45) is 0 Å². The van der Waals surface area contributed by atoms with Crippen molar-refractivity contribution in [3.63, 3.8) is 0 Å². The first-order valence-electron chi connectivity index (χ1n) is 8.78. The predicted molar refractivity (Wildman–Crippen MR) is 99.8 cm³/mol. The van der Waals surface area contributed by atoms with Crippen LogP contribution in [-0.2, 0) is 11.3 Å². The Hall–Kier alpha value is -2.63. The van der Waals surface area contributed by atoms with Gasteiger partial charge in [-0.25, -0.2) is 9.97 Å². The fourth-order valence-corrected chi connectivity index (χ4v) is 3.08. The van der Waals surface area contributed by atoms with E-state index in [-0.39, 0.29) is 0 Å². The normalized spacial score (nSPS) is 14.5. The molecule has 0 radical (unpaired) electrons. The Morgan fingerprint density at radius 2 is 1.84 bits per heavy atom. The van der Waals surface area contributed by atoms with Crippen molar-refractivity contribution in [3.05, 3.63) is 47.8 Å². The van der Waals surface area contributed by atoms with Gasteiger partial charge >= 0.3 is 0 Å². The average Bonchev–Trinajstić information content (AvgIpc) is 2.66. The van der Waals surface area contributed by atoms with Crippen LogP contribution in [0.3, 0.4) is 0 Å². The van der Waals surface area contributed by atoms with Crippen molar-refractivity contribution in [3.8, 4) is 0 Å². The van der Waals surface area contributed by atoms with E-state index < -0.39 is 0 Å². The average molecular weight is 339 g/mol. The third-order valence-corrected chi connectivity index (χ3v) is 4.52. The number of benzene rings is 1. The van der Waals surface area contributed by atoms with Gasteiger partial charge in [0, 0.05) is 45.3 Å². The molecule has 1 aromatic heterocycles. The van der Waals surface area contributed by atoms with Crippen LogP contribution in [0.25, 0.3) is 0 Å². The molecular weight excluding hydrogens is 314 g/mol. The topological polar surface area (TPSA) is 52.6 Å². The maximum absolute atomic E-state index is 10.9. The molecule has 1 saturated heterocycles. The van der Waals surface area contributed by atoms with Gasteiger partial charge in [0.05, 0.1) is 0 Å². The molecule has 0 bridgehead atoms. The summed E-state index contributed by atoms with van der Waals surface area (Å²) in [6.45, 7) is 8.87. The highest BCUT2D eigenvalue weighted by molar-refractivity contribution is 5.53. The maximum Gasteiger partial charge on any atom is 0.209 e. The molecule has 2 heterocycles. The van der Waals surface area contributed by atoms with Crippen LogP contribution in [0.2, 0.25) is 0 Å². The van der Waals surface area contributed by atoms with Gasteiger partial charge in [-0.2, -0.15) is 0 Å². The number of rotatable bonds is 6. The smallest absolute Gasteiger partial charge is 0.209 e. The minimum absolute atomic E-state index is 0.739. The SMILES string of the molecule is CCN(Cc1ccccc1)c1cc(N2CCN(C=O)CC2)nc(C)n1. The fraction of sp³-hybridized carbons (Fsp3) is 0.421. The van der Waals surface area contributed by atoms with E-state index in [1.54, 1.807) is 4.90 Å². The second kappa shape index (κ2) is 7.96. The van der Waals surface area contributed by atoms with Crippen molar-refractivity contribution < 1.29 is 4.79 Å². The Bertz CT molecular complexity index is 698. The maximum atomic E-state index is 10.9. The molecule has 25 heavy (non-hydrogen) atoms. The zero-order chi connectivity index (χ0) is 17.6. The molecule has 0 unspecified atom stereocenters. The molecule has 1 aromatic carbocycles. The van der Waals surface area contributed by atoms with Gasteiger partial charge < -0.3 is 14.7 Å². The van der Waals surface area contributed by atoms with E-state index in [0.717, 1.165) is 63.1 Å². The second-order valence-corrected chi connectivity index (χ2v) is 6.26. The third kappa shape index (κ3) is 4.26. The molecule has 1 aliphatic heterocycles. The lowest BCUT2D eigenvalue weighted by molar-refractivity contribution is -0.118. The van der Waals surface area contributed by atoms with E-state index in [4.69, 9.17) is 0 Å². The number of carbonyl (C=O) groups excluding carboxylic acids is 1. The molecule has 0 saturated carbocycles. The number of anilines is 2. The molecule has 1 amide bonds. The van der Waals surface area contributed by atoms with Gasteiger partial charge in [-0.3, -0.25) is 4.79 Å². The van der Waals surface area contributed by atoms with Crippen LogP contribution in [0, 0.1) is 6.92 Å². The lowest BCUT2D eigenvalue weighted by atomic mass is 10.2. The van der Waals surface area contributed by atoms with E-state index in [1.807, 2.05) is 13.0 Å². The highest BCUT2D eigenvalue weighted by atomic mass is 16.1. The number of amides is 1. The molecule has 0 aliphatic carbocycles. The minimum atomic E-state index is 0.739.